The number of nitrogens with zero attached hydrogens (tertiary/aromatic N) is 4. The fourth-order valence-corrected chi connectivity index (χ4v) is 4.42. The zero-order valence-corrected chi connectivity index (χ0v) is 15.3. The SMILES string of the molecule is CC(=O)N(c1nn(CN2CCc3ccccc3C2)c(=S)s1)C1CC1. The molecule has 0 N–H and O–H groups in total. The van der Waals surface area contributed by atoms with Crippen molar-refractivity contribution in [3.63, 3.8) is 0 Å². The Balaban J connectivity index is 1.52. The van der Waals surface area contributed by atoms with Crippen LogP contribution < -0.4 is 4.90 Å². The molecule has 1 aromatic heterocycles. The minimum Gasteiger partial charge on any atom is -0.284 e. The monoisotopic (exact) mass is 360 g/mol. The third kappa shape index (κ3) is 3.16. The highest BCUT2D eigenvalue weighted by molar-refractivity contribution is 7.73. The summed E-state index contributed by atoms with van der Waals surface area (Å²) in [6, 6.07) is 8.91. The fourth-order valence-electron chi connectivity index (χ4n) is 3.23. The van der Waals surface area contributed by atoms with Gasteiger partial charge in [0.05, 0.1) is 6.67 Å². The van der Waals surface area contributed by atoms with Gasteiger partial charge in [0.15, 0.2) is 3.95 Å². The lowest BCUT2D eigenvalue weighted by molar-refractivity contribution is -0.116. The van der Waals surface area contributed by atoms with E-state index < -0.39 is 0 Å². The lowest BCUT2D eigenvalue weighted by atomic mass is 10.0. The molecule has 1 saturated carbocycles. The Hall–Kier alpha value is -1.57. The van der Waals surface area contributed by atoms with Crippen LogP contribution in [0.2, 0.25) is 0 Å². The number of hydrogen-bond donors (Lipinski definition) is 0. The van der Waals surface area contributed by atoms with E-state index in [-0.39, 0.29) is 5.91 Å². The minimum atomic E-state index is 0.0558. The molecule has 1 aromatic carbocycles. The molecule has 0 radical (unpaired) electrons. The van der Waals surface area contributed by atoms with Crippen molar-refractivity contribution in [1.82, 2.24) is 14.7 Å². The quantitative estimate of drug-likeness (QED) is 0.785. The molecule has 0 saturated heterocycles. The van der Waals surface area contributed by atoms with Crippen molar-refractivity contribution in [2.75, 3.05) is 11.4 Å². The van der Waals surface area contributed by atoms with Gasteiger partial charge in [-0.05, 0) is 42.6 Å². The van der Waals surface area contributed by atoms with E-state index in [9.17, 15) is 4.79 Å². The van der Waals surface area contributed by atoms with Gasteiger partial charge >= 0.3 is 0 Å². The number of amides is 1. The molecule has 1 aliphatic heterocycles. The van der Waals surface area contributed by atoms with E-state index in [2.05, 4.69) is 34.3 Å². The van der Waals surface area contributed by atoms with Crippen LogP contribution in [0, 0.1) is 3.95 Å². The predicted octanol–water partition coefficient (Wildman–Crippen LogP) is 3.21. The maximum Gasteiger partial charge on any atom is 0.225 e. The number of anilines is 1. The summed E-state index contributed by atoms with van der Waals surface area (Å²) in [4.78, 5) is 16.1. The van der Waals surface area contributed by atoms with Crippen LogP contribution in [0.25, 0.3) is 0 Å². The standard InChI is InChI=1S/C17H20N4OS2/c1-12(22)21(15-6-7-15)16-18-20(17(23)24-16)11-19-9-8-13-4-2-3-5-14(13)10-19/h2-5,15H,6-11H2,1H3. The van der Waals surface area contributed by atoms with Crippen LogP contribution in [0.5, 0.6) is 0 Å². The number of carbonyl (C=O) groups excluding carboxylic acids is 1. The van der Waals surface area contributed by atoms with Gasteiger partial charge < -0.3 is 0 Å². The van der Waals surface area contributed by atoms with Crippen molar-refractivity contribution < 1.29 is 4.79 Å². The van der Waals surface area contributed by atoms with Crippen molar-refractivity contribution in [3.8, 4) is 0 Å². The summed E-state index contributed by atoms with van der Waals surface area (Å²) in [5.41, 5.74) is 2.82. The predicted molar refractivity (Wildman–Crippen MR) is 97.7 cm³/mol. The smallest absolute Gasteiger partial charge is 0.225 e. The third-order valence-corrected chi connectivity index (χ3v) is 5.90. The normalized spacial score (nSPS) is 17.5. The van der Waals surface area contributed by atoms with Gasteiger partial charge in [0.25, 0.3) is 0 Å². The lowest BCUT2D eigenvalue weighted by Crippen LogP contribution is -2.33. The average molecular weight is 361 g/mol. The summed E-state index contributed by atoms with van der Waals surface area (Å²) in [5, 5.41) is 5.38. The summed E-state index contributed by atoms with van der Waals surface area (Å²) in [6.07, 6.45) is 3.19. The van der Waals surface area contributed by atoms with Gasteiger partial charge in [-0.15, -0.1) is 5.10 Å². The molecule has 4 rings (SSSR count). The summed E-state index contributed by atoms with van der Waals surface area (Å²) in [7, 11) is 0. The Morgan fingerprint density at radius 3 is 2.83 bits per heavy atom. The Morgan fingerprint density at radius 2 is 2.12 bits per heavy atom. The van der Waals surface area contributed by atoms with Gasteiger partial charge in [0.1, 0.15) is 0 Å². The van der Waals surface area contributed by atoms with Crippen molar-refractivity contribution >= 4 is 34.6 Å². The zero-order chi connectivity index (χ0) is 16.7. The van der Waals surface area contributed by atoms with Crippen molar-refractivity contribution in [2.45, 2.75) is 45.4 Å². The first-order chi connectivity index (χ1) is 11.6. The van der Waals surface area contributed by atoms with Crippen molar-refractivity contribution in [1.29, 1.82) is 0 Å². The number of aromatic nitrogens is 2. The van der Waals surface area contributed by atoms with Gasteiger partial charge in [0, 0.05) is 26.1 Å². The van der Waals surface area contributed by atoms with Gasteiger partial charge in [0.2, 0.25) is 11.0 Å². The molecule has 2 aliphatic rings. The molecule has 0 atom stereocenters. The Bertz CT molecular complexity index is 824. The third-order valence-electron chi connectivity index (χ3n) is 4.60. The van der Waals surface area contributed by atoms with Gasteiger partial charge in [-0.2, -0.15) is 0 Å². The molecule has 5 nitrogen and oxygen atoms in total. The number of carbonyl (C=O) groups is 1. The number of hydrogen-bond acceptors (Lipinski definition) is 5. The Labute approximate surface area is 150 Å². The highest BCUT2D eigenvalue weighted by Gasteiger charge is 2.34. The molecule has 1 amide bonds. The second kappa shape index (κ2) is 6.38. The van der Waals surface area contributed by atoms with E-state index in [1.807, 2.05) is 9.58 Å². The number of rotatable bonds is 4. The zero-order valence-electron chi connectivity index (χ0n) is 13.6. The second-order valence-corrected chi connectivity index (χ2v) is 8.08. The number of benzene rings is 1. The molecule has 2 aromatic rings. The molecule has 2 heterocycles. The Morgan fingerprint density at radius 1 is 1.38 bits per heavy atom. The van der Waals surface area contributed by atoms with Crippen LogP contribution >= 0.6 is 23.6 Å². The number of fused-ring (bicyclic) bond motifs is 1. The molecule has 24 heavy (non-hydrogen) atoms. The van der Waals surface area contributed by atoms with Crippen LogP contribution in [0.15, 0.2) is 24.3 Å². The Kier molecular flexibility index (Phi) is 4.24. The van der Waals surface area contributed by atoms with Crippen LogP contribution in [0.4, 0.5) is 5.13 Å². The largest absolute Gasteiger partial charge is 0.284 e. The molecule has 0 bridgehead atoms. The first-order valence-corrected chi connectivity index (χ1v) is 9.51. The van der Waals surface area contributed by atoms with Crippen LogP contribution in [-0.4, -0.2) is 33.2 Å². The highest BCUT2D eigenvalue weighted by atomic mass is 32.1. The average Bonchev–Trinajstić information content (AvgIpc) is 3.32. The summed E-state index contributed by atoms with van der Waals surface area (Å²) >= 11 is 6.92. The molecule has 1 aliphatic carbocycles. The highest BCUT2D eigenvalue weighted by Crippen LogP contribution is 2.33. The van der Waals surface area contributed by atoms with E-state index in [1.54, 1.807) is 6.92 Å². The van der Waals surface area contributed by atoms with Crippen molar-refractivity contribution in [2.24, 2.45) is 0 Å². The maximum atomic E-state index is 11.9. The molecule has 126 valence electrons. The van der Waals surface area contributed by atoms with Crippen molar-refractivity contribution in [3.05, 3.63) is 39.3 Å². The molecule has 7 heteroatoms. The molecule has 0 spiro atoms. The van der Waals surface area contributed by atoms with E-state index in [4.69, 9.17) is 12.2 Å². The maximum absolute atomic E-state index is 11.9. The van der Waals surface area contributed by atoms with Gasteiger partial charge in [-0.1, -0.05) is 35.6 Å². The molecular weight excluding hydrogens is 340 g/mol. The lowest BCUT2D eigenvalue weighted by Gasteiger charge is -2.28. The fraction of sp³-hybridized carbons (Fsp3) is 0.471. The summed E-state index contributed by atoms with van der Waals surface area (Å²) in [5.74, 6) is 0.0558. The summed E-state index contributed by atoms with van der Waals surface area (Å²) in [6.45, 7) is 4.21. The second-order valence-electron chi connectivity index (χ2n) is 6.48. The summed E-state index contributed by atoms with van der Waals surface area (Å²) < 4.78 is 2.59. The molecule has 0 unspecified atom stereocenters. The van der Waals surface area contributed by atoms with Crippen LogP contribution in [0.3, 0.4) is 0 Å². The van der Waals surface area contributed by atoms with E-state index >= 15 is 0 Å². The van der Waals surface area contributed by atoms with E-state index in [0.29, 0.717) is 12.7 Å². The van der Waals surface area contributed by atoms with Gasteiger partial charge in [-0.25, -0.2) is 4.68 Å². The topological polar surface area (TPSA) is 41.4 Å². The van der Waals surface area contributed by atoms with Crippen LogP contribution in [0.1, 0.15) is 30.9 Å². The molecular formula is C17H20N4OS2. The van der Waals surface area contributed by atoms with E-state index in [0.717, 1.165) is 41.4 Å². The first-order valence-electron chi connectivity index (χ1n) is 8.28. The van der Waals surface area contributed by atoms with E-state index in [1.165, 1.54) is 22.5 Å². The molecule has 1 fully saturated rings. The minimum absolute atomic E-state index is 0.0558. The van der Waals surface area contributed by atoms with Crippen LogP contribution in [-0.2, 0) is 24.4 Å². The van der Waals surface area contributed by atoms with Gasteiger partial charge in [-0.3, -0.25) is 14.6 Å². The first kappa shape index (κ1) is 15.9.